The van der Waals surface area contributed by atoms with Crippen LogP contribution in [-0.2, 0) is 6.18 Å². The van der Waals surface area contributed by atoms with Gasteiger partial charge in [0.15, 0.2) is 0 Å². The smallest absolute Gasteiger partial charge is 0.337 e. The van der Waals surface area contributed by atoms with Crippen molar-refractivity contribution in [3.63, 3.8) is 0 Å². The van der Waals surface area contributed by atoms with Crippen LogP contribution >= 0.6 is 0 Å². The Balaban J connectivity index is 1.47. The third-order valence-corrected chi connectivity index (χ3v) is 6.50. The van der Waals surface area contributed by atoms with E-state index >= 15 is 0 Å². The molecule has 4 aromatic rings. The number of carbonyl (C=O) groups excluding carboxylic acids is 2. The maximum Gasteiger partial charge on any atom is 0.418 e. The maximum absolute atomic E-state index is 13.5. The van der Waals surface area contributed by atoms with Gasteiger partial charge in [-0.2, -0.15) is 13.2 Å². The number of pyridine rings is 1. The monoisotopic (exact) mass is 517 g/mol. The van der Waals surface area contributed by atoms with Gasteiger partial charge >= 0.3 is 6.18 Å². The molecule has 1 aliphatic rings. The molecule has 2 aromatic heterocycles. The molecule has 3 heterocycles. The molecule has 5 rings (SSSR count). The summed E-state index contributed by atoms with van der Waals surface area (Å²) in [6.45, 7) is 2.32. The first kappa shape index (κ1) is 25.2. The molecule has 1 aliphatic heterocycles. The first-order valence-corrected chi connectivity index (χ1v) is 11.9. The average Bonchev–Trinajstić information content (AvgIpc) is 2.93. The molecule has 2 amide bonds. The fourth-order valence-electron chi connectivity index (χ4n) is 4.68. The van der Waals surface area contributed by atoms with Crippen LogP contribution in [-0.4, -0.2) is 50.5 Å². The molecule has 38 heavy (non-hydrogen) atoms. The molecule has 2 aromatic carbocycles. The lowest BCUT2D eigenvalue weighted by atomic mass is 9.88. The first-order chi connectivity index (χ1) is 18.2. The molecule has 0 unspecified atom stereocenters. The second-order valence-corrected chi connectivity index (χ2v) is 8.99. The van der Waals surface area contributed by atoms with E-state index in [0.717, 1.165) is 29.5 Å². The van der Waals surface area contributed by atoms with Crippen molar-refractivity contribution in [3.05, 3.63) is 101 Å². The predicted octanol–water partition coefficient (Wildman–Crippen LogP) is 5.26. The second-order valence-electron chi connectivity index (χ2n) is 8.99. The number of hydrogen-bond acceptors (Lipinski definition) is 5. The van der Waals surface area contributed by atoms with E-state index < -0.39 is 29.3 Å². The summed E-state index contributed by atoms with van der Waals surface area (Å²) in [4.78, 5) is 44.5. The lowest BCUT2D eigenvalue weighted by Crippen LogP contribution is -2.43. The average molecular weight is 518 g/mol. The van der Waals surface area contributed by atoms with Crippen molar-refractivity contribution in [3.8, 4) is 0 Å². The van der Waals surface area contributed by atoms with Crippen molar-refractivity contribution in [2.75, 3.05) is 13.1 Å². The zero-order valence-corrected chi connectivity index (χ0v) is 20.3. The number of piperidine rings is 1. The molecule has 0 radical (unpaired) electrons. The third kappa shape index (κ3) is 5.02. The number of benzene rings is 2. The van der Waals surface area contributed by atoms with E-state index in [1.807, 2.05) is 37.3 Å². The maximum atomic E-state index is 13.5. The summed E-state index contributed by atoms with van der Waals surface area (Å²) in [5.74, 6) is -1.74. The van der Waals surface area contributed by atoms with Crippen molar-refractivity contribution in [1.29, 1.82) is 0 Å². The molecule has 0 aliphatic carbocycles. The van der Waals surface area contributed by atoms with Crippen LogP contribution in [0.15, 0.2) is 78.2 Å². The Hall–Kier alpha value is -4.47. The summed E-state index contributed by atoms with van der Waals surface area (Å²) in [5.41, 5.74) is 1.93. The van der Waals surface area contributed by atoms with Gasteiger partial charge in [-0.25, -0.2) is 4.99 Å². The van der Waals surface area contributed by atoms with Gasteiger partial charge in [0, 0.05) is 55.3 Å². The molecule has 192 valence electrons. The van der Waals surface area contributed by atoms with Crippen molar-refractivity contribution in [2.24, 2.45) is 4.99 Å². The van der Waals surface area contributed by atoms with Crippen LogP contribution in [0.2, 0.25) is 0 Å². The summed E-state index contributed by atoms with van der Waals surface area (Å²) in [6.07, 6.45) is -0.229. The molecule has 0 N–H and O–H groups in total. The number of rotatable bonds is 3. The zero-order chi connectivity index (χ0) is 26.9. The Morgan fingerprint density at radius 2 is 1.74 bits per heavy atom. The number of likely N-dealkylation sites (tertiary alicyclic amines) is 1. The minimum absolute atomic E-state index is 0.209. The summed E-state index contributed by atoms with van der Waals surface area (Å²) in [5, 5.41) is 0. The number of aromatic nitrogens is 3. The van der Waals surface area contributed by atoms with Gasteiger partial charge in [0.1, 0.15) is 5.69 Å². The van der Waals surface area contributed by atoms with Gasteiger partial charge < -0.3 is 4.90 Å². The number of amides is 2. The van der Waals surface area contributed by atoms with Gasteiger partial charge in [-0.3, -0.25) is 24.5 Å². The lowest BCUT2D eigenvalue weighted by Gasteiger charge is -2.34. The van der Waals surface area contributed by atoms with Crippen LogP contribution in [0.3, 0.4) is 0 Å². The lowest BCUT2D eigenvalue weighted by molar-refractivity contribution is -0.138. The quantitative estimate of drug-likeness (QED) is 0.370. The second kappa shape index (κ2) is 10.1. The van der Waals surface area contributed by atoms with Crippen LogP contribution in [0.4, 0.5) is 13.2 Å². The standard InChI is InChI=1S/C28H22F3N5O2/c1-17-14-19(15-23-24(17)34-12-11-32-23)27(38)36-13-9-22(20(16-36)18-6-3-2-4-7-18)35-26(37)25-21(28(29,30)31)8-5-10-33-25/h2-8,10-12,14-15,20H,9,13,16H2,1H3/t20-/m1/s1. The summed E-state index contributed by atoms with van der Waals surface area (Å²) < 4.78 is 40.4. The highest BCUT2D eigenvalue weighted by Crippen LogP contribution is 2.32. The zero-order valence-electron chi connectivity index (χ0n) is 20.3. The third-order valence-electron chi connectivity index (χ3n) is 6.50. The van der Waals surface area contributed by atoms with Gasteiger partial charge in [0.05, 0.1) is 16.6 Å². The SMILES string of the molecule is Cc1cc(C(=O)N2CCC(=NC(=O)c3ncccc3C(F)(F)F)[C@@H](c3ccccc3)C2)cc2nccnc12. The first-order valence-electron chi connectivity index (χ1n) is 11.9. The Kier molecular flexibility index (Phi) is 6.71. The molecule has 0 saturated carbocycles. The Labute approximate surface area is 216 Å². The van der Waals surface area contributed by atoms with Gasteiger partial charge in [-0.05, 0) is 42.3 Å². The fraction of sp³-hybridized carbons (Fsp3) is 0.214. The van der Waals surface area contributed by atoms with Crippen LogP contribution in [0, 0.1) is 6.92 Å². The highest BCUT2D eigenvalue weighted by Gasteiger charge is 2.37. The van der Waals surface area contributed by atoms with E-state index in [2.05, 4.69) is 19.9 Å². The van der Waals surface area contributed by atoms with Crippen LogP contribution in [0.25, 0.3) is 11.0 Å². The fourth-order valence-corrected chi connectivity index (χ4v) is 4.68. The number of hydrogen-bond donors (Lipinski definition) is 0. The van der Waals surface area contributed by atoms with Crippen molar-refractivity contribution < 1.29 is 22.8 Å². The number of halogens is 3. The molecule has 0 bridgehead atoms. The van der Waals surface area contributed by atoms with Crippen LogP contribution in [0.1, 0.15) is 49.9 Å². The van der Waals surface area contributed by atoms with Gasteiger partial charge in [-0.1, -0.05) is 30.3 Å². The van der Waals surface area contributed by atoms with Gasteiger partial charge in [0.2, 0.25) is 0 Å². The molecule has 1 fully saturated rings. The van der Waals surface area contributed by atoms with Gasteiger partial charge in [-0.15, -0.1) is 0 Å². The Morgan fingerprint density at radius 3 is 2.50 bits per heavy atom. The highest BCUT2D eigenvalue weighted by atomic mass is 19.4. The number of carbonyl (C=O) groups is 2. The van der Waals surface area contributed by atoms with E-state index in [0.29, 0.717) is 22.3 Å². The topological polar surface area (TPSA) is 88.4 Å². The molecule has 10 heteroatoms. The molecular weight excluding hydrogens is 495 g/mol. The van der Waals surface area contributed by atoms with E-state index in [9.17, 15) is 22.8 Å². The van der Waals surface area contributed by atoms with E-state index in [-0.39, 0.29) is 25.4 Å². The minimum Gasteiger partial charge on any atom is -0.337 e. The number of nitrogens with zero attached hydrogens (tertiary/aromatic N) is 5. The predicted molar refractivity (Wildman–Crippen MR) is 135 cm³/mol. The molecule has 1 saturated heterocycles. The molecule has 7 nitrogen and oxygen atoms in total. The number of fused-ring (bicyclic) bond motifs is 1. The summed E-state index contributed by atoms with van der Waals surface area (Å²) >= 11 is 0. The van der Waals surface area contributed by atoms with Crippen molar-refractivity contribution in [1.82, 2.24) is 19.9 Å². The molecule has 1 atom stereocenters. The molecule has 0 spiro atoms. The number of aliphatic imine (C=N–C) groups is 1. The van der Waals surface area contributed by atoms with Crippen molar-refractivity contribution >= 4 is 28.6 Å². The largest absolute Gasteiger partial charge is 0.418 e. The molecular formula is C28H22F3N5O2. The van der Waals surface area contributed by atoms with Crippen LogP contribution < -0.4 is 0 Å². The summed E-state index contributed by atoms with van der Waals surface area (Å²) in [6, 6.07) is 14.6. The van der Waals surface area contributed by atoms with Crippen molar-refractivity contribution in [2.45, 2.75) is 25.4 Å². The number of alkyl halides is 3. The normalized spacial score (nSPS) is 17.1. The Morgan fingerprint density at radius 1 is 0.974 bits per heavy atom. The number of aryl methyl sites for hydroxylation is 1. The van der Waals surface area contributed by atoms with Gasteiger partial charge in [0.25, 0.3) is 11.8 Å². The minimum atomic E-state index is -4.74. The summed E-state index contributed by atoms with van der Waals surface area (Å²) in [7, 11) is 0. The Bertz CT molecular complexity index is 1550. The van der Waals surface area contributed by atoms with E-state index in [1.54, 1.807) is 29.4 Å². The van der Waals surface area contributed by atoms with Crippen LogP contribution in [0.5, 0.6) is 0 Å². The van der Waals surface area contributed by atoms with E-state index in [1.165, 1.54) is 0 Å². The van der Waals surface area contributed by atoms with E-state index in [4.69, 9.17) is 0 Å². The highest BCUT2D eigenvalue weighted by molar-refractivity contribution is 6.07.